The molecule has 5 heteroatoms. The van der Waals surface area contributed by atoms with Crippen molar-refractivity contribution in [3.8, 4) is 22.4 Å². The normalized spacial score (nSPS) is 10.4. The molecule has 0 spiro atoms. The van der Waals surface area contributed by atoms with Crippen LogP contribution in [-0.4, -0.2) is 21.0 Å². The lowest BCUT2D eigenvalue weighted by Gasteiger charge is -2.06. The highest BCUT2D eigenvalue weighted by Gasteiger charge is 2.10. The first-order valence-corrected chi connectivity index (χ1v) is 6.67. The SMILES string of the molecule is Nc1nc(C(=O)O)cc(-c2ccc(-c3ccccc3)cc2)n1. The van der Waals surface area contributed by atoms with Gasteiger partial charge in [-0.15, -0.1) is 0 Å². The lowest BCUT2D eigenvalue weighted by atomic mass is 10.0. The number of hydrogen-bond donors (Lipinski definition) is 2. The van der Waals surface area contributed by atoms with Gasteiger partial charge in [-0.2, -0.15) is 0 Å². The molecule has 22 heavy (non-hydrogen) atoms. The summed E-state index contributed by atoms with van der Waals surface area (Å²) in [4.78, 5) is 18.8. The standard InChI is InChI=1S/C17H13N3O2/c18-17-19-14(10-15(20-17)16(21)22)13-8-6-12(7-9-13)11-4-2-1-3-5-11/h1-10H,(H,21,22)(H2,18,19,20). The summed E-state index contributed by atoms with van der Waals surface area (Å²) in [7, 11) is 0. The van der Waals surface area contributed by atoms with Crippen LogP contribution in [0.4, 0.5) is 5.95 Å². The second-order valence-electron chi connectivity index (χ2n) is 4.75. The molecule has 0 aliphatic heterocycles. The van der Waals surface area contributed by atoms with Gasteiger partial charge in [0.1, 0.15) is 0 Å². The largest absolute Gasteiger partial charge is 0.477 e. The Bertz CT molecular complexity index is 815. The number of anilines is 1. The molecule has 0 aliphatic rings. The molecule has 2 aromatic carbocycles. The van der Waals surface area contributed by atoms with Crippen molar-refractivity contribution in [1.29, 1.82) is 0 Å². The van der Waals surface area contributed by atoms with Crippen LogP contribution in [0.25, 0.3) is 22.4 Å². The van der Waals surface area contributed by atoms with E-state index in [1.165, 1.54) is 6.07 Å². The average molecular weight is 291 g/mol. The molecule has 3 rings (SSSR count). The van der Waals surface area contributed by atoms with E-state index in [2.05, 4.69) is 9.97 Å². The predicted molar refractivity (Wildman–Crippen MR) is 84.3 cm³/mol. The highest BCUT2D eigenvalue weighted by atomic mass is 16.4. The van der Waals surface area contributed by atoms with Crippen molar-refractivity contribution in [3.05, 3.63) is 66.4 Å². The van der Waals surface area contributed by atoms with E-state index in [0.717, 1.165) is 16.7 Å². The number of aromatic nitrogens is 2. The van der Waals surface area contributed by atoms with Gasteiger partial charge in [0.2, 0.25) is 5.95 Å². The molecule has 3 aromatic rings. The predicted octanol–water partition coefficient (Wildman–Crippen LogP) is 3.09. The molecule has 0 saturated carbocycles. The lowest BCUT2D eigenvalue weighted by molar-refractivity contribution is 0.0690. The van der Waals surface area contributed by atoms with Crippen LogP contribution in [0.3, 0.4) is 0 Å². The van der Waals surface area contributed by atoms with E-state index >= 15 is 0 Å². The Hall–Kier alpha value is -3.21. The quantitative estimate of drug-likeness (QED) is 0.774. The van der Waals surface area contributed by atoms with Crippen LogP contribution in [0, 0.1) is 0 Å². The second-order valence-corrected chi connectivity index (χ2v) is 4.75. The van der Waals surface area contributed by atoms with Gasteiger partial charge in [-0.25, -0.2) is 14.8 Å². The smallest absolute Gasteiger partial charge is 0.354 e. The number of nitrogen functional groups attached to an aromatic ring is 1. The van der Waals surface area contributed by atoms with Crippen molar-refractivity contribution in [1.82, 2.24) is 9.97 Å². The number of carboxylic acid groups (broad SMARTS) is 1. The molecule has 0 fully saturated rings. The number of nitrogens with two attached hydrogens (primary N) is 1. The van der Waals surface area contributed by atoms with Gasteiger partial charge in [-0.3, -0.25) is 0 Å². The summed E-state index contributed by atoms with van der Waals surface area (Å²) in [5, 5.41) is 9.03. The number of carbonyl (C=O) groups is 1. The number of hydrogen-bond acceptors (Lipinski definition) is 4. The fourth-order valence-corrected chi connectivity index (χ4v) is 2.19. The van der Waals surface area contributed by atoms with Crippen LogP contribution in [0.5, 0.6) is 0 Å². The van der Waals surface area contributed by atoms with Crippen LogP contribution in [0.2, 0.25) is 0 Å². The van der Waals surface area contributed by atoms with Crippen LogP contribution in [0.1, 0.15) is 10.5 Å². The van der Waals surface area contributed by atoms with Gasteiger partial charge in [0.15, 0.2) is 5.69 Å². The zero-order valence-electron chi connectivity index (χ0n) is 11.6. The Kier molecular flexibility index (Phi) is 3.53. The summed E-state index contributed by atoms with van der Waals surface area (Å²) >= 11 is 0. The van der Waals surface area contributed by atoms with Crippen LogP contribution in [0.15, 0.2) is 60.7 Å². The van der Waals surface area contributed by atoms with Gasteiger partial charge in [0.25, 0.3) is 0 Å². The lowest BCUT2D eigenvalue weighted by Crippen LogP contribution is -2.06. The van der Waals surface area contributed by atoms with E-state index in [1.54, 1.807) is 0 Å². The molecule has 0 aliphatic carbocycles. The minimum absolute atomic E-state index is 0.0537. The second kappa shape index (κ2) is 5.65. The minimum atomic E-state index is -1.13. The fourth-order valence-electron chi connectivity index (χ4n) is 2.19. The van der Waals surface area contributed by atoms with Gasteiger partial charge in [-0.1, -0.05) is 54.6 Å². The third-order valence-corrected chi connectivity index (χ3v) is 3.25. The maximum absolute atomic E-state index is 11.0. The van der Waals surface area contributed by atoms with E-state index in [4.69, 9.17) is 10.8 Å². The van der Waals surface area contributed by atoms with Crippen LogP contribution in [-0.2, 0) is 0 Å². The molecule has 108 valence electrons. The van der Waals surface area contributed by atoms with Crippen molar-refractivity contribution in [2.24, 2.45) is 0 Å². The Morgan fingerprint density at radius 3 is 2.09 bits per heavy atom. The van der Waals surface area contributed by atoms with Gasteiger partial charge < -0.3 is 10.8 Å². The summed E-state index contributed by atoms with van der Waals surface area (Å²) in [6.07, 6.45) is 0. The molecule has 1 aromatic heterocycles. The van der Waals surface area contributed by atoms with E-state index < -0.39 is 5.97 Å². The number of nitrogens with zero attached hydrogens (tertiary/aromatic N) is 2. The van der Waals surface area contributed by atoms with E-state index in [-0.39, 0.29) is 11.6 Å². The van der Waals surface area contributed by atoms with Crippen molar-refractivity contribution in [3.63, 3.8) is 0 Å². The highest BCUT2D eigenvalue weighted by molar-refractivity contribution is 5.87. The van der Waals surface area contributed by atoms with Crippen molar-refractivity contribution < 1.29 is 9.90 Å². The molecule has 1 heterocycles. The molecule has 0 bridgehead atoms. The van der Waals surface area contributed by atoms with Gasteiger partial charge >= 0.3 is 5.97 Å². The first-order valence-electron chi connectivity index (χ1n) is 6.67. The molecular formula is C17H13N3O2. The average Bonchev–Trinajstić information content (AvgIpc) is 2.55. The monoisotopic (exact) mass is 291 g/mol. The van der Waals surface area contributed by atoms with Gasteiger partial charge in [-0.05, 0) is 17.2 Å². The third kappa shape index (κ3) is 2.78. The Morgan fingerprint density at radius 1 is 0.864 bits per heavy atom. The fraction of sp³-hybridized carbons (Fsp3) is 0. The molecular weight excluding hydrogens is 278 g/mol. The zero-order valence-corrected chi connectivity index (χ0v) is 11.6. The third-order valence-electron chi connectivity index (χ3n) is 3.25. The van der Waals surface area contributed by atoms with E-state index in [9.17, 15) is 4.79 Å². The Balaban J connectivity index is 1.98. The summed E-state index contributed by atoms with van der Waals surface area (Å²) in [6, 6.07) is 19.1. The van der Waals surface area contributed by atoms with E-state index in [0.29, 0.717) is 5.69 Å². The molecule has 0 unspecified atom stereocenters. The van der Waals surface area contributed by atoms with Crippen molar-refractivity contribution >= 4 is 11.9 Å². The van der Waals surface area contributed by atoms with Gasteiger partial charge in [0.05, 0.1) is 5.69 Å². The number of carboxylic acids is 1. The Morgan fingerprint density at radius 2 is 1.45 bits per heavy atom. The highest BCUT2D eigenvalue weighted by Crippen LogP contribution is 2.24. The van der Waals surface area contributed by atoms with Crippen LogP contribution >= 0.6 is 0 Å². The number of aromatic carboxylic acids is 1. The molecule has 5 nitrogen and oxygen atoms in total. The molecule has 0 radical (unpaired) electrons. The first-order chi connectivity index (χ1) is 10.6. The van der Waals surface area contributed by atoms with Crippen molar-refractivity contribution in [2.75, 3.05) is 5.73 Å². The van der Waals surface area contributed by atoms with Crippen molar-refractivity contribution in [2.45, 2.75) is 0 Å². The summed E-state index contributed by atoms with van der Waals surface area (Å²) in [5.41, 5.74) is 8.92. The van der Waals surface area contributed by atoms with E-state index in [1.807, 2.05) is 54.6 Å². The Labute approximate surface area is 127 Å². The molecule has 0 amide bonds. The summed E-state index contributed by atoms with van der Waals surface area (Å²) in [5.74, 6) is -1.18. The molecule has 0 saturated heterocycles. The first kappa shape index (κ1) is 13.8. The van der Waals surface area contributed by atoms with Gasteiger partial charge in [0, 0.05) is 5.56 Å². The maximum Gasteiger partial charge on any atom is 0.354 e. The van der Waals surface area contributed by atoms with Crippen LogP contribution < -0.4 is 5.73 Å². The topological polar surface area (TPSA) is 89.1 Å². The maximum atomic E-state index is 11.0. The number of rotatable bonds is 3. The summed E-state index contributed by atoms with van der Waals surface area (Å²) in [6.45, 7) is 0. The molecule has 3 N–H and O–H groups in total. The summed E-state index contributed by atoms with van der Waals surface area (Å²) < 4.78 is 0. The number of benzene rings is 2. The minimum Gasteiger partial charge on any atom is -0.477 e. The molecule has 0 atom stereocenters. The zero-order chi connectivity index (χ0) is 15.5.